The van der Waals surface area contributed by atoms with Crippen molar-refractivity contribution in [3.8, 4) is 12.3 Å². The van der Waals surface area contributed by atoms with Crippen LogP contribution in [0.5, 0.6) is 0 Å². The highest BCUT2D eigenvalue weighted by molar-refractivity contribution is 5.87. The van der Waals surface area contributed by atoms with E-state index in [9.17, 15) is 18.4 Å². The van der Waals surface area contributed by atoms with Crippen LogP contribution in [0, 0.1) is 12.3 Å². The Bertz CT molecular complexity index is 491. The molecule has 0 heterocycles. The highest BCUT2D eigenvalue weighted by atomic mass is 19.3. The lowest BCUT2D eigenvalue weighted by Gasteiger charge is -2.37. The van der Waals surface area contributed by atoms with Gasteiger partial charge >= 0.3 is 12.1 Å². The molecule has 1 atom stereocenters. The van der Waals surface area contributed by atoms with Crippen LogP contribution < -0.4 is 5.32 Å². The van der Waals surface area contributed by atoms with Crippen LogP contribution in [-0.2, 0) is 14.3 Å². The Kier molecular flexibility index (Phi) is 7.23. The van der Waals surface area contributed by atoms with E-state index in [0.29, 0.717) is 0 Å². The summed E-state index contributed by atoms with van der Waals surface area (Å²) >= 11 is 0. The highest BCUT2D eigenvalue weighted by Gasteiger charge is 2.60. The molecule has 1 amide bonds. The van der Waals surface area contributed by atoms with Gasteiger partial charge in [-0.3, -0.25) is 5.32 Å². The van der Waals surface area contributed by atoms with Gasteiger partial charge in [0.2, 0.25) is 5.54 Å². The summed E-state index contributed by atoms with van der Waals surface area (Å²) in [6.07, 6.45) is 3.25. The third-order valence-corrected chi connectivity index (χ3v) is 2.73. The van der Waals surface area contributed by atoms with Crippen LogP contribution in [0.3, 0.4) is 0 Å². The molecule has 0 aromatic heterocycles. The number of hydrogen-bond donors (Lipinski definition) is 1. The van der Waals surface area contributed by atoms with E-state index in [-0.39, 0.29) is 6.61 Å². The molecular formula is C16H23F2NO4. The number of carbonyl (C=O) groups excluding carboxylic acids is 2. The molecular weight excluding hydrogens is 308 g/mol. The second-order valence-corrected chi connectivity index (χ2v) is 5.83. The van der Waals surface area contributed by atoms with Gasteiger partial charge in [0.1, 0.15) is 5.60 Å². The molecule has 0 aromatic rings. The fourth-order valence-electron chi connectivity index (χ4n) is 1.78. The summed E-state index contributed by atoms with van der Waals surface area (Å²) in [6.45, 7) is 9.22. The van der Waals surface area contributed by atoms with E-state index < -0.39 is 42.0 Å². The maximum Gasteiger partial charge on any atom is 0.408 e. The van der Waals surface area contributed by atoms with Gasteiger partial charge in [-0.1, -0.05) is 6.08 Å². The van der Waals surface area contributed by atoms with Crippen molar-refractivity contribution >= 4 is 12.1 Å². The summed E-state index contributed by atoms with van der Waals surface area (Å²) < 4.78 is 38.8. The zero-order chi connectivity index (χ0) is 18.3. The zero-order valence-corrected chi connectivity index (χ0v) is 13.9. The average Bonchev–Trinajstić information content (AvgIpc) is 2.35. The number of esters is 1. The summed E-state index contributed by atoms with van der Waals surface area (Å²) in [6, 6.07) is 0. The molecule has 0 aliphatic carbocycles. The number of allylic oxidation sites excluding steroid dienone is 1. The van der Waals surface area contributed by atoms with Crippen molar-refractivity contribution in [1.29, 1.82) is 0 Å². The van der Waals surface area contributed by atoms with Gasteiger partial charge in [-0.2, -0.15) is 0 Å². The Hall–Kier alpha value is -2.10. The fourth-order valence-corrected chi connectivity index (χ4v) is 1.78. The summed E-state index contributed by atoms with van der Waals surface area (Å²) in [5.74, 6) is -3.03. The lowest BCUT2D eigenvalue weighted by molar-refractivity contribution is -0.171. The van der Waals surface area contributed by atoms with Gasteiger partial charge in [-0.05, 0) is 27.7 Å². The highest BCUT2D eigenvalue weighted by Crippen LogP contribution is 2.36. The minimum atomic E-state index is -3.70. The number of amides is 1. The van der Waals surface area contributed by atoms with Gasteiger partial charge in [0, 0.05) is 12.8 Å². The molecule has 23 heavy (non-hydrogen) atoms. The minimum Gasteiger partial charge on any atom is -0.464 e. The van der Waals surface area contributed by atoms with Gasteiger partial charge in [-0.25, -0.2) is 18.4 Å². The minimum absolute atomic E-state index is 0.147. The average molecular weight is 331 g/mol. The van der Waals surface area contributed by atoms with Crippen LogP contribution in [0.25, 0.3) is 0 Å². The van der Waals surface area contributed by atoms with Crippen molar-refractivity contribution in [2.75, 3.05) is 6.61 Å². The molecule has 1 N–H and O–H groups in total. The molecule has 0 saturated heterocycles. The number of ether oxygens (including phenoxy) is 2. The van der Waals surface area contributed by atoms with E-state index in [1.54, 1.807) is 20.8 Å². The second-order valence-electron chi connectivity index (χ2n) is 5.83. The van der Waals surface area contributed by atoms with Gasteiger partial charge in [-0.15, -0.1) is 18.9 Å². The van der Waals surface area contributed by atoms with Crippen molar-refractivity contribution in [2.45, 2.75) is 57.6 Å². The molecule has 0 saturated carbocycles. The third kappa shape index (κ3) is 5.55. The number of terminal acetylenes is 1. The fraction of sp³-hybridized carbons (Fsp3) is 0.625. The summed E-state index contributed by atoms with van der Waals surface area (Å²) in [4.78, 5) is 24.1. The molecule has 0 bridgehead atoms. The third-order valence-electron chi connectivity index (χ3n) is 2.73. The standard InChI is InChI=1S/C16H23F2NO4/c1-7-10-15(12(20)22-9-3,16(17,18)11-8-2)19-13(21)23-14(4,5)6/h1,8H,2,9-11H2,3-6H3,(H,19,21). The molecule has 0 aromatic carbocycles. The summed E-state index contributed by atoms with van der Waals surface area (Å²) in [5, 5.41) is 1.92. The predicted octanol–water partition coefficient (Wildman–Crippen LogP) is 3.05. The first kappa shape index (κ1) is 20.9. The number of rotatable bonds is 7. The molecule has 1 unspecified atom stereocenters. The van der Waals surface area contributed by atoms with Crippen molar-refractivity contribution in [1.82, 2.24) is 5.32 Å². The van der Waals surface area contributed by atoms with Gasteiger partial charge < -0.3 is 9.47 Å². The van der Waals surface area contributed by atoms with E-state index in [1.807, 2.05) is 11.2 Å². The first-order valence-corrected chi connectivity index (χ1v) is 7.06. The lowest BCUT2D eigenvalue weighted by atomic mass is 9.85. The molecule has 5 nitrogen and oxygen atoms in total. The number of carbonyl (C=O) groups is 2. The Morgan fingerprint density at radius 1 is 1.35 bits per heavy atom. The second kappa shape index (κ2) is 7.95. The van der Waals surface area contributed by atoms with Gasteiger partial charge in [0.25, 0.3) is 5.92 Å². The van der Waals surface area contributed by atoms with Crippen LogP contribution in [-0.4, -0.2) is 35.7 Å². The van der Waals surface area contributed by atoms with Crippen molar-refractivity contribution < 1.29 is 27.8 Å². The largest absolute Gasteiger partial charge is 0.464 e. The topological polar surface area (TPSA) is 64.6 Å². The van der Waals surface area contributed by atoms with Crippen LogP contribution in [0.15, 0.2) is 12.7 Å². The molecule has 0 fully saturated rings. The number of halogens is 2. The van der Waals surface area contributed by atoms with E-state index in [0.717, 1.165) is 6.08 Å². The van der Waals surface area contributed by atoms with E-state index >= 15 is 0 Å². The van der Waals surface area contributed by atoms with Gasteiger partial charge in [0.05, 0.1) is 6.61 Å². The normalized spacial score (nSPS) is 14.1. The van der Waals surface area contributed by atoms with Crippen LogP contribution in [0.4, 0.5) is 13.6 Å². The van der Waals surface area contributed by atoms with Crippen molar-refractivity contribution in [3.63, 3.8) is 0 Å². The first-order chi connectivity index (χ1) is 10.5. The molecule has 0 rings (SSSR count). The van der Waals surface area contributed by atoms with Crippen LogP contribution in [0.1, 0.15) is 40.5 Å². The Balaban J connectivity index is 5.83. The molecule has 0 radical (unpaired) electrons. The smallest absolute Gasteiger partial charge is 0.408 e. The molecule has 0 aliphatic rings. The molecule has 7 heteroatoms. The first-order valence-electron chi connectivity index (χ1n) is 7.06. The van der Waals surface area contributed by atoms with E-state index in [2.05, 4.69) is 6.58 Å². The van der Waals surface area contributed by atoms with E-state index in [4.69, 9.17) is 15.9 Å². The monoisotopic (exact) mass is 331 g/mol. The summed E-state index contributed by atoms with van der Waals surface area (Å²) in [5.41, 5.74) is -3.66. The Morgan fingerprint density at radius 2 is 1.91 bits per heavy atom. The van der Waals surface area contributed by atoms with Gasteiger partial charge in [0.15, 0.2) is 0 Å². The quantitative estimate of drug-likeness (QED) is 0.442. The molecule has 0 aliphatic heterocycles. The molecule has 130 valence electrons. The molecule has 0 spiro atoms. The SMILES string of the molecule is C#CCC(NC(=O)OC(C)(C)C)(C(=O)OCC)C(F)(F)CC=C. The maximum absolute atomic E-state index is 14.6. The Labute approximate surface area is 135 Å². The van der Waals surface area contributed by atoms with Crippen LogP contribution >= 0.6 is 0 Å². The lowest BCUT2D eigenvalue weighted by Crippen LogP contribution is -2.66. The number of hydrogen-bond acceptors (Lipinski definition) is 4. The van der Waals surface area contributed by atoms with Crippen molar-refractivity contribution in [2.24, 2.45) is 0 Å². The number of alkyl carbamates (subject to hydrolysis) is 1. The maximum atomic E-state index is 14.6. The van der Waals surface area contributed by atoms with E-state index in [1.165, 1.54) is 6.92 Å². The Morgan fingerprint density at radius 3 is 2.30 bits per heavy atom. The van der Waals surface area contributed by atoms with Crippen molar-refractivity contribution in [3.05, 3.63) is 12.7 Å². The summed E-state index contributed by atoms with van der Waals surface area (Å²) in [7, 11) is 0. The van der Waals surface area contributed by atoms with Crippen LogP contribution in [0.2, 0.25) is 0 Å². The predicted molar refractivity (Wildman–Crippen MR) is 81.9 cm³/mol. The number of nitrogens with one attached hydrogen (secondary N) is 1. The zero-order valence-electron chi connectivity index (χ0n) is 13.9. The number of alkyl halides is 2.